The van der Waals surface area contributed by atoms with Crippen LogP contribution in [0.2, 0.25) is 0 Å². The first-order valence-electron chi connectivity index (χ1n) is 9.02. The van der Waals surface area contributed by atoms with E-state index >= 15 is 0 Å². The first kappa shape index (κ1) is 18.8. The number of carbonyl (C=O) groups is 1. The van der Waals surface area contributed by atoms with Gasteiger partial charge in [0.1, 0.15) is 23.4 Å². The van der Waals surface area contributed by atoms with Crippen molar-refractivity contribution in [3.8, 4) is 5.75 Å². The van der Waals surface area contributed by atoms with E-state index < -0.39 is 0 Å². The van der Waals surface area contributed by atoms with Gasteiger partial charge in [0.15, 0.2) is 5.82 Å². The summed E-state index contributed by atoms with van der Waals surface area (Å²) < 4.78 is 7.45. The Kier molecular flexibility index (Phi) is 5.09. The number of nitrogens with zero attached hydrogens (tertiary/aromatic N) is 4. The Hall–Kier alpha value is -3.53. The molecule has 0 spiro atoms. The lowest BCUT2D eigenvalue weighted by Gasteiger charge is -2.11. The van der Waals surface area contributed by atoms with Crippen molar-refractivity contribution < 1.29 is 9.53 Å². The Morgan fingerprint density at radius 3 is 2.66 bits per heavy atom. The van der Waals surface area contributed by atoms with Gasteiger partial charge in [0.2, 0.25) is 4.77 Å². The van der Waals surface area contributed by atoms with E-state index in [0.717, 1.165) is 0 Å². The van der Waals surface area contributed by atoms with Crippen molar-refractivity contribution in [1.29, 1.82) is 0 Å². The fraction of sp³-hybridized carbons (Fsp3) is 0.211. The minimum absolute atomic E-state index is 0.136. The van der Waals surface area contributed by atoms with E-state index in [1.54, 1.807) is 18.2 Å². The molecule has 0 saturated carbocycles. The lowest BCUT2D eigenvalue weighted by atomic mass is 10.0. The number of amides is 1. The fourth-order valence-electron chi connectivity index (χ4n) is 2.79. The quantitative estimate of drug-likeness (QED) is 0.421. The van der Waals surface area contributed by atoms with Gasteiger partial charge in [-0.05, 0) is 54.0 Å². The second kappa shape index (κ2) is 7.84. The van der Waals surface area contributed by atoms with Crippen LogP contribution in [0.15, 0.2) is 42.5 Å². The van der Waals surface area contributed by atoms with Crippen molar-refractivity contribution in [2.45, 2.75) is 26.4 Å². The number of nitrogens with one attached hydrogen (secondary N) is 3. The molecule has 10 heteroatoms. The average molecular weight is 409 g/mol. The fourth-order valence-corrected chi connectivity index (χ4v) is 2.98. The molecule has 0 aliphatic carbocycles. The van der Waals surface area contributed by atoms with Gasteiger partial charge < -0.3 is 4.74 Å². The third-order valence-electron chi connectivity index (χ3n) is 4.45. The number of hydrogen-bond donors (Lipinski definition) is 3. The number of carbonyl (C=O) groups excluding carboxylic acids is 1. The molecule has 0 fully saturated rings. The molecule has 0 atom stereocenters. The Labute approximate surface area is 171 Å². The van der Waals surface area contributed by atoms with Crippen molar-refractivity contribution >= 4 is 29.2 Å². The molecule has 9 nitrogen and oxygen atoms in total. The summed E-state index contributed by atoms with van der Waals surface area (Å²) in [5, 5.41) is 17.3. The van der Waals surface area contributed by atoms with E-state index in [0.29, 0.717) is 34.1 Å². The van der Waals surface area contributed by atoms with Crippen LogP contribution in [0.4, 0.5) is 0 Å². The standard InChI is InChI=1S/C19H19N7O2S/c1-11(2)12-3-6-14(7-4-12)28-10-17-22-23-19(29)26(17)24-18(27)13-5-8-15-16(9-13)21-25-20-15/h3-9,11H,10H2,1-2H3,(H,23,29)(H,24,27)(H,20,21,25). The predicted octanol–water partition coefficient (Wildman–Crippen LogP) is 3.30. The molecule has 3 N–H and O–H groups in total. The number of aromatic amines is 2. The monoisotopic (exact) mass is 409 g/mol. The van der Waals surface area contributed by atoms with Crippen LogP contribution in [-0.2, 0) is 6.61 Å². The van der Waals surface area contributed by atoms with Crippen LogP contribution in [0.25, 0.3) is 11.0 Å². The zero-order valence-corrected chi connectivity index (χ0v) is 16.7. The number of aromatic nitrogens is 6. The second-order valence-electron chi connectivity index (χ2n) is 6.76. The molecule has 2 heterocycles. The molecule has 29 heavy (non-hydrogen) atoms. The Balaban J connectivity index is 1.48. The summed E-state index contributed by atoms with van der Waals surface area (Å²) in [5.41, 5.74) is 5.67. The molecule has 4 aromatic rings. The zero-order valence-electron chi connectivity index (χ0n) is 15.8. The highest BCUT2D eigenvalue weighted by Crippen LogP contribution is 2.19. The van der Waals surface area contributed by atoms with Gasteiger partial charge in [0, 0.05) is 5.56 Å². The summed E-state index contributed by atoms with van der Waals surface area (Å²) in [6.45, 7) is 4.41. The van der Waals surface area contributed by atoms with E-state index in [2.05, 4.69) is 44.9 Å². The molecule has 0 saturated heterocycles. The molecule has 0 aliphatic heterocycles. The van der Waals surface area contributed by atoms with Gasteiger partial charge in [0.25, 0.3) is 5.91 Å². The topological polar surface area (TPSA) is 114 Å². The summed E-state index contributed by atoms with van der Waals surface area (Å²) in [5.74, 6) is 1.25. The van der Waals surface area contributed by atoms with Crippen molar-refractivity contribution in [3.63, 3.8) is 0 Å². The van der Waals surface area contributed by atoms with Crippen LogP contribution < -0.4 is 10.2 Å². The number of benzene rings is 2. The molecule has 4 rings (SSSR count). The van der Waals surface area contributed by atoms with Gasteiger partial charge in [0.05, 0.1) is 0 Å². The third kappa shape index (κ3) is 4.02. The van der Waals surface area contributed by atoms with E-state index in [4.69, 9.17) is 17.0 Å². The summed E-state index contributed by atoms with van der Waals surface area (Å²) in [6.07, 6.45) is 0. The van der Waals surface area contributed by atoms with E-state index in [-0.39, 0.29) is 17.3 Å². The minimum Gasteiger partial charge on any atom is -0.486 e. The maximum absolute atomic E-state index is 12.6. The summed E-state index contributed by atoms with van der Waals surface area (Å²) in [7, 11) is 0. The normalized spacial score (nSPS) is 11.1. The third-order valence-corrected chi connectivity index (χ3v) is 4.72. The van der Waals surface area contributed by atoms with Crippen LogP contribution in [0.5, 0.6) is 5.75 Å². The van der Waals surface area contributed by atoms with E-state index in [1.165, 1.54) is 10.2 Å². The highest BCUT2D eigenvalue weighted by Gasteiger charge is 2.13. The van der Waals surface area contributed by atoms with Crippen LogP contribution in [0, 0.1) is 4.77 Å². The molecule has 148 valence electrons. The SMILES string of the molecule is CC(C)c1ccc(OCc2n[nH]c(=S)n2NC(=O)c2ccc3n[nH]nc3c2)cc1. The first-order valence-corrected chi connectivity index (χ1v) is 9.43. The second-order valence-corrected chi connectivity index (χ2v) is 7.15. The Morgan fingerprint density at radius 1 is 1.14 bits per heavy atom. The van der Waals surface area contributed by atoms with Crippen LogP contribution in [0.1, 0.15) is 41.5 Å². The molecular formula is C19H19N7O2S. The first-order chi connectivity index (χ1) is 14.0. The molecule has 0 radical (unpaired) electrons. The Morgan fingerprint density at radius 2 is 1.90 bits per heavy atom. The van der Waals surface area contributed by atoms with Gasteiger partial charge in [-0.15, -0.1) is 0 Å². The molecule has 0 bridgehead atoms. The van der Waals surface area contributed by atoms with Crippen molar-refractivity contribution in [3.05, 3.63) is 64.2 Å². The number of hydrogen-bond acceptors (Lipinski definition) is 6. The van der Waals surface area contributed by atoms with Gasteiger partial charge in [-0.25, -0.2) is 4.68 Å². The molecule has 1 amide bonds. The van der Waals surface area contributed by atoms with Gasteiger partial charge in [-0.2, -0.15) is 20.5 Å². The van der Waals surface area contributed by atoms with Crippen molar-refractivity contribution in [1.82, 2.24) is 30.3 Å². The maximum atomic E-state index is 12.6. The van der Waals surface area contributed by atoms with Crippen molar-refractivity contribution in [2.24, 2.45) is 0 Å². The number of fused-ring (bicyclic) bond motifs is 1. The molecular weight excluding hydrogens is 390 g/mol. The van der Waals surface area contributed by atoms with E-state index in [9.17, 15) is 4.79 Å². The summed E-state index contributed by atoms with van der Waals surface area (Å²) in [6, 6.07) is 12.9. The Bertz CT molecular complexity index is 1210. The van der Waals surface area contributed by atoms with Gasteiger partial charge >= 0.3 is 0 Å². The number of H-pyrrole nitrogens is 2. The smallest absolute Gasteiger partial charge is 0.270 e. The van der Waals surface area contributed by atoms with Crippen LogP contribution >= 0.6 is 12.2 Å². The predicted molar refractivity (Wildman–Crippen MR) is 110 cm³/mol. The van der Waals surface area contributed by atoms with Gasteiger partial charge in [-0.1, -0.05) is 26.0 Å². The van der Waals surface area contributed by atoms with Crippen LogP contribution in [-0.4, -0.2) is 36.2 Å². The molecule has 0 aliphatic rings. The molecule has 2 aromatic heterocycles. The van der Waals surface area contributed by atoms with E-state index in [1.807, 2.05) is 24.3 Å². The lowest BCUT2D eigenvalue weighted by molar-refractivity contribution is 0.101. The minimum atomic E-state index is -0.352. The van der Waals surface area contributed by atoms with Crippen molar-refractivity contribution in [2.75, 3.05) is 5.43 Å². The lowest BCUT2D eigenvalue weighted by Crippen LogP contribution is -2.25. The largest absolute Gasteiger partial charge is 0.486 e. The number of rotatable bonds is 6. The molecule has 2 aromatic carbocycles. The molecule has 0 unspecified atom stereocenters. The number of ether oxygens (including phenoxy) is 1. The van der Waals surface area contributed by atoms with Crippen LogP contribution in [0.3, 0.4) is 0 Å². The zero-order chi connectivity index (χ0) is 20.4. The average Bonchev–Trinajstić information content (AvgIpc) is 3.33. The summed E-state index contributed by atoms with van der Waals surface area (Å²) in [4.78, 5) is 12.6. The van der Waals surface area contributed by atoms with Gasteiger partial charge in [-0.3, -0.25) is 15.3 Å². The summed E-state index contributed by atoms with van der Waals surface area (Å²) >= 11 is 5.23. The highest BCUT2D eigenvalue weighted by molar-refractivity contribution is 7.71. The maximum Gasteiger partial charge on any atom is 0.270 e. The highest BCUT2D eigenvalue weighted by atomic mass is 32.1.